The van der Waals surface area contributed by atoms with Crippen LogP contribution >= 0.6 is 23.2 Å². The molecule has 0 aliphatic carbocycles. The predicted molar refractivity (Wildman–Crippen MR) is 95.0 cm³/mol. The molecule has 0 atom stereocenters. The third-order valence-corrected chi connectivity index (χ3v) is 4.03. The van der Waals surface area contributed by atoms with Gasteiger partial charge >= 0.3 is 0 Å². The van der Waals surface area contributed by atoms with Crippen molar-refractivity contribution in [3.05, 3.63) is 58.3 Å². The molecule has 0 unspecified atom stereocenters. The highest BCUT2D eigenvalue weighted by Gasteiger charge is 2.14. The smallest absolute Gasteiger partial charge is 0.226 e. The van der Waals surface area contributed by atoms with E-state index in [1.54, 1.807) is 35.5 Å². The van der Waals surface area contributed by atoms with Gasteiger partial charge in [-0.25, -0.2) is 0 Å². The Labute approximate surface area is 150 Å². The van der Waals surface area contributed by atoms with Crippen molar-refractivity contribution in [2.75, 3.05) is 11.9 Å². The molecule has 0 bridgehead atoms. The highest BCUT2D eigenvalue weighted by atomic mass is 35.5. The topological polar surface area (TPSA) is 62.3 Å². The molecule has 5 nitrogen and oxygen atoms in total. The number of halogens is 2. The third-order valence-electron chi connectivity index (χ3n) is 3.40. The second-order valence-electron chi connectivity index (χ2n) is 5.19. The van der Waals surface area contributed by atoms with Gasteiger partial charge in [-0.3, -0.25) is 14.6 Å². The Bertz CT molecular complexity index is 703. The van der Waals surface area contributed by atoms with Crippen LogP contribution in [0.15, 0.2) is 42.7 Å². The van der Waals surface area contributed by atoms with Crippen LogP contribution in [-0.4, -0.2) is 28.2 Å². The summed E-state index contributed by atoms with van der Waals surface area (Å²) < 4.78 is 0. The minimum Gasteiger partial charge on any atom is -0.338 e. The maximum atomic E-state index is 12.1. The first-order valence-electron chi connectivity index (χ1n) is 7.35. The number of rotatable bonds is 6. The second kappa shape index (κ2) is 8.66. The van der Waals surface area contributed by atoms with Gasteiger partial charge in [-0.2, -0.15) is 0 Å². The summed E-state index contributed by atoms with van der Waals surface area (Å²) in [6.45, 7) is 2.20. The largest absolute Gasteiger partial charge is 0.338 e. The highest BCUT2D eigenvalue weighted by Crippen LogP contribution is 2.29. The highest BCUT2D eigenvalue weighted by molar-refractivity contribution is 6.39. The second-order valence-corrected chi connectivity index (χ2v) is 6.01. The van der Waals surface area contributed by atoms with Crippen molar-refractivity contribution in [3.8, 4) is 0 Å². The van der Waals surface area contributed by atoms with Crippen LogP contribution in [-0.2, 0) is 16.1 Å². The van der Waals surface area contributed by atoms with E-state index in [0.717, 1.165) is 5.56 Å². The number of hydrogen-bond donors (Lipinski definition) is 1. The lowest BCUT2D eigenvalue weighted by Gasteiger charge is -2.21. The van der Waals surface area contributed by atoms with E-state index < -0.39 is 0 Å². The molecule has 0 saturated carbocycles. The Kier molecular flexibility index (Phi) is 6.58. The molecule has 126 valence electrons. The van der Waals surface area contributed by atoms with Crippen molar-refractivity contribution in [2.24, 2.45) is 0 Å². The molecule has 0 fully saturated rings. The van der Waals surface area contributed by atoms with Crippen molar-refractivity contribution in [3.63, 3.8) is 0 Å². The first-order valence-corrected chi connectivity index (χ1v) is 8.11. The number of benzene rings is 1. The Hall–Kier alpha value is -2.11. The van der Waals surface area contributed by atoms with Crippen LogP contribution in [0.25, 0.3) is 0 Å². The number of nitrogens with one attached hydrogen (secondary N) is 1. The van der Waals surface area contributed by atoms with Crippen LogP contribution < -0.4 is 5.32 Å². The summed E-state index contributed by atoms with van der Waals surface area (Å²) in [6, 6.07) is 8.66. The molecule has 1 heterocycles. The molecule has 0 radical (unpaired) electrons. The van der Waals surface area contributed by atoms with Gasteiger partial charge in [0.2, 0.25) is 11.8 Å². The fourth-order valence-corrected chi connectivity index (χ4v) is 2.60. The van der Waals surface area contributed by atoms with Gasteiger partial charge in [0, 0.05) is 38.8 Å². The third kappa shape index (κ3) is 5.22. The molecule has 0 aliphatic heterocycles. The summed E-state index contributed by atoms with van der Waals surface area (Å²) in [5.41, 5.74) is 1.34. The van der Waals surface area contributed by atoms with Gasteiger partial charge in [0.25, 0.3) is 0 Å². The Morgan fingerprint density at radius 3 is 2.33 bits per heavy atom. The quantitative estimate of drug-likeness (QED) is 0.847. The minimum absolute atomic E-state index is 0.101. The molecule has 2 aromatic rings. The van der Waals surface area contributed by atoms with Crippen molar-refractivity contribution in [1.29, 1.82) is 0 Å². The number of carbonyl (C=O) groups is 2. The van der Waals surface area contributed by atoms with Crippen LogP contribution in [0.4, 0.5) is 5.69 Å². The number of nitrogens with zero attached hydrogens (tertiary/aromatic N) is 2. The molecular weight excluding hydrogens is 349 g/mol. The lowest BCUT2D eigenvalue weighted by molar-refractivity contribution is -0.129. The molecule has 1 aromatic heterocycles. The van der Waals surface area contributed by atoms with E-state index in [9.17, 15) is 9.59 Å². The molecular formula is C17H17Cl2N3O2. The van der Waals surface area contributed by atoms with Crippen molar-refractivity contribution < 1.29 is 9.59 Å². The average molecular weight is 366 g/mol. The van der Waals surface area contributed by atoms with Crippen LogP contribution in [0.3, 0.4) is 0 Å². The number of amides is 2. The summed E-state index contributed by atoms with van der Waals surface area (Å²) in [5.74, 6) is -0.360. The standard InChI is InChI=1S/C17H17Cl2N3O2/c1-12(23)22(11-13-5-8-20-9-6-13)10-7-16(24)21-17-14(18)3-2-4-15(17)19/h2-6,8-9H,7,10-11H2,1H3,(H,21,24). The van der Waals surface area contributed by atoms with Crippen molar-refractivity contribution in [1.82, 2.24) is 9.88 Å². The molecule has 0 aliphatic rings. The zero-order valence-corrected chi connectivity index (χ0v) is 14.6. The molecule has 7 heteroatoms. The lowest BCUT2D eigenvalue weighted by Crippen LogP contribution is -2.31. The number of para-hydroxylation sites is 1. The van der Waals surface area contributed by atoms with Crippen LogP contribution in [0, 0.1) is 0 Å². The van der Waals surface area contributed by atoms with E-state index in [4.69, 9.17) is 23.2 Å². The SMILES string of the molecule is CC(=O)N(CCC(=O)Nc1c(Cl)cccc1Cl)Cc1ccncc1. The summed E-state index contributed by atoms with van der Waals surface area (Å²) in [6.07, 6.45) is 3.48. The zero-order chi connectivity index (χ0) is 17.5. The van der Waals surface area contributed by atoms with E-state index >= 15 is 0 Å². The van der Waals surface area contributed by atoms with E-state index in [-0.39, 0.29) is 18.2 Å². The fraction of sp³-hybridized carbons (Fsp3) is 0.235. The summed E-state index contributed by atoms with van der Waals surface area (Å²) in [7, 11) is 0. The van der Waals surface area contributed by atoms with Gasteiger partial charge in [-0.1, -0.05) is 29.3 Å². The Morgan fingerprint density at radius 2 is 1.75 bits per heavy atom. The first-order chi connectivity index (χ1) is 11.5. The van der Waals surface area contributed by atoms with E-state index in [1.807, 2.05) is 12.1 Å². The summed E-state index contributed by atoms with van der Waals surface area (Å²) in [4.78, 5) is 29.4. The normalized spacial score (nSPS) is 10.3. The van der Waals surface area contributed by atoms with Gasteiger partial charge in [-0.05, 0) is 29.8 Å². The first kappa shape index (κ1) is 18.2. The van der Waals surface area contributed by atoms with Crippen LogP contribution in [0.2, 0.25) is 10.0 Å². The predicted octanol–water partition coefficient (Wildman–Crippen LogP) is 3.77. The number of pyridine rings is 1. The van der Waals surface area contributed by atoms with Gasteiger partial charge < -0.3 is 10.2 Å². The van der Waals surface area contributed by atoms with Gasteiger partial charge in [0.05, 0.1) is 15.7 Å². The van der Waals surface area contributed by atoms with Gasteiger partial charge in [0.15, 0.2) is 0 Å². The van der Waals surface area contributed by atoms with Gasteiger partial charge in [0.1, 0.15) is 0 Å². The summed E-state index contributed by atoms with van der Waals surface area (Å²) >= 11 is 12.0. The number of carbonyl (C=O) groups excluding carboxylic acids is 2. The zero-order valence-electron chi connectivity index (χ0n) is 13.1. The molecule has 2 rings (SSSR count). The monoisotopic (exact) mass is 365 g/mol. The van der Waals surface area contributed by atoms with E-state index in [0.29, 0.717) is 28.8 Å². The molecule has 1 N–H and O–H groups in total. The molecule has 0 spiro atoms. The molecule has 2 amide bonds. The van der Waals surface area contributed by atoms with Crippen LogP contribution in [0.5, 0.6) is 0 Å². The fourth-order valence-electron chi connectivity index (χ4n) is 2.11. The average Bonchev–Trinajstić information content (AvgIpc) is 2.55. The Morgan fingerprint density at radius 1 is 1.12 bits per heavy atom. The van der Waals surface area contributed by atoms with Gasteiger partial charge in [-0.15, -0.1) is 0 Å². The molecule has 1 aromatic carbocycles. The lowest BCUT2D eigenvalue weighted by atomic mass is 10.2. The molecule has 24 heavy (non-hydrogen) atoms. The maximum Gasteiger partial charge on any atom is 0.226 e. The van der Waals surface area contributed by atoms with E-state index in [2.05, 4.69) is 10.3 Å². The minimum atomic E-state index is -0.258. The number of anilines is 1. The van der Waals surface area contributed by atoms with Crippen molar-refractivity contribution >= 4 is 40.7 Å². The number of hydrogen-bond acceptors (Lipinski definition) is 3. The number of aromatic nitrogens is 1. The maximum absolute atomic E-state index is 12.1. The van der Waals surface area contributed by atoms with E-state index in [1.165, 1.54) is 6.92 Å². The Balaban J connectivity index is 1.94. The molecule has 0 saturated heterocycles. The van der Waals surface area contributed by atoms with Crippen LogP contribution in [0.1, 0.15) is 18.9 Å². The summed E-state index contributed by atoms with van der Waals surface area (Å²) in [5, 5.41) is 3.43. The van der Waals surface area contributed by atoms with Crippen molar-refractivity contribution in [2.45, 2.75) is 19.9 Å².